The Bertz CT molecular complexity index is 981. The third-order valence-electron chi connectivity index (χ3n) is 5.25. The van der Waals surface area contributed by atoms with Gasteiger partial charge in [0.15, 0.2) is 0 Å². The van der Waals surface area contributed by atoms with Crippen molar-refractivity contribution >= 4 is 17.3 Å². The summed E-state index contributed by atoms with van der Waals surface area (Å²) >= 11 is 0. The van der Waals surface area contributed by atoms with Gasteiger partial charge in [0.2, 0.25) is 5.91 Å². The van der Waals surface area contributed by atoms with Gasteiger partial charge in [0, 0.05) is 24.5 Å². The maximum atomic E-state index is 11.6. The van der Waals surface area contributed by atoms with E-state index in [2.05, 4.69) is 89.6 Å². The van der Waals surface area contributed by atoms with Gasteiger partial charge in [0.1, 0.15) is 0 Å². The molecule has 0 aliphatic carbocycles. The first-order valence-corrected chi connectivity index (χ1v) is 9.66. The van der Waals surface area contributed by atoms with E-state index in [-0.39, 0.29) is 5.91 Å². The van der Waals surface area contributed by atoms with Gasteiger partial charge in [-0.2, -0.15) is 0 Å². The van der Waals surface area contributed by atoms with E-state index in [4.69, 9.17) is 0 Å². The van der Waals surface area contributed by atoms with Crippen molar-refractivity contribution in [3.05, 3.63) is 97.1 Å². The maximum absolute atomic E-state index is 11.6. The zero-order valence-electron chi connectivity index (χ0n) is 15.8. The molecule has 4 rings (SSSR count). The molecule has 3 heteroatoms. The van der Waals surface area contributed by atoms with Crippen LogP contribution in [0.4, 0.5) is 11.4 Å². The van der Waals surface area contributed by atoms with Gasteiger partial charge >= 0.3 is 0 Å². The van der Waals surface area contributed by atoms with Crippen molar-refractivity contribution < 1.29 is 4.79 Å². The smallest absolute Gasteiger partial charge is 0.243 e. The third-order valence-corrected chi connectivity index (χ3v) is 5.25. The van der Waals surface area contributed by atoms with Crippen LogP contribution < -0.4 is 10.2 Å². The van der Waals surface area contributed by atoms with Gasteiger partial charge in [-0.25, -0.2) is 0 Å². The Labute approximate surface area is 166 Å². The highest BCUT2D eigenvalue weighted by atomic mass is 16.1. The topological polar surface area (TPSA) is 32.3 Å². The van der Waals surface area contributed by atoms with Crippen LogP contribution in [-0.2, 0) is 11.2 Å². The van der Waals surface area contributed by atoms with Gasteiger partial charge < -0.3 is 10.2 Å². The van der Waals surface area contributed by atoms with Gasteiger partial charge in [-0.15, -0.1) is 0 Å². The minimum absolute atomic E-state index is 0.114. The highest BCUT2D eigenvalue weighted by Gasteiger charge is 2.25. The molecule has 0 fully saturated rings. The Hall–Kier alpha value is -3.33. The highest BCUT2D eigenvalue weighted by molar-refractivity contribution is 5.86. The lowest BCUT2D eigenvalue weighted by atomic mass is 9.91. The van der Waals surface area contributed by atoms with Crippen molar-refractivity contribution in [2.75, 3.05) is 18.0 Å². The molecule has 1 N–H and O–H groups in total. The van der Waals surface area contributed by atoms with Crippen molar-refractivity contribution in [1.82, 2.24) is 5.32 Å². The van der Waals surface area contributed by atoms with Crippen LogP contribution in [0.15, 0.2) is 91.5 Å². The summed E-state index contributed by atoms with van der Waals surface area (Å²) in [5.74, 6) is 0.232. The van der Waals surface area contributed by atoms with E-state index in [1.807, 2.05) is 6.07 Å². The number of anilines is 2. The fourth-order valence-corrected chi connectivity index (χ4v) is 3.86. The zero-order chi connectivity index (χ0) is 19.3. The van der Waals surface area contributed by atoms with E-state index < -0.39 is 0 Å². The SMILES string of the molecule is C=CC(=O)NCC1Cc2ccccc2N(c2cccc(-c3ccccc3)c2)C1. The lowest BCUT2D eigenvalue weighted by Crippen LogP contribution is -2.38. The van der Waals surface area contributed by atoms with E-state index in [1.54, 1.807) is 0 Å². The summed E-state index contributed by atoms with van der Waals surface area (Å²) in [4.78, 5) is 14.0. The van der Waals surface area contributed by atoms with Crippen LogP contribution in [0.5, 0.6) is 0 Å². The van der Waals surface area contributed by atoms with Crippen molar-refractivity contribution in [2.45, 2.75) is 6.42 Å². The lowest BCUT2D eigenvalue weighted by Gasteiger charge is -2.36. The second-order valence-corrected chi connectivity index (χ2v) is 7.18. The summed E-state index contributed by atoms with van der Waals surface area (Å²) in [5, 5.41) is 2.96. The fourth-order valence-electron chi connectivity index (χ4n) is 3.86. The molecule has 1 amide bonds. The van der Waals surface area contributed by atoms with Crippen LogP contribution in [0.2, 0.25) is 0 Å². The number of carbonyl (C=O) groups is 1. The monoisotopic (exact) mass is 368 g/mol. The molecule has 0 aromatic heterocycles. The number of carbonyl (C=O) groups excluding carboxylic acids is 1. The van der Waals surface area contributed by atoms with E-state index in [9.17, 15) is 4.79 Å². The molecule has 0 radical (unpaired) electrons. The fraction of sp³-hybridized carbons (Fsp3) is 0.160. The molecule has 140 valence electrons. The van der Waals surface area contributed by atoms with E-state index in [0.29, 0.717) is 12.5 Å². The normalized spacial score (nSPS) is 15.6. The van der Waals surface area contributed by atoms with Crippen LogP contribution in [-0.4, -0.2) is 19.0 Å². The minimum atomic E-state index is -0.114. The average molecular weight is 368 g/mol. The average Bonchev–Trinajstić information content (AvgIpc) is 2.77. The number of nitrogens with zero attached hydrogens (tertiary/aromatic N) is 1. The number of nitrogens with one attached hydrogen (secondary N) is 1. The van der Waals surface area contributed by atoms with Crippen molar-refractivity contribution in [2.24, 2.45) is 5.92 Å². The van der Waals surface area contributed by atoms with Gasteiger partial charge in [0.25, 0.3) is 0 Å². The van der Waals surface area contributed by atoms with E-state index >= 15 is 0 Å². The summed E-state index contributed by atoms with van der Waals surface area (Å²) in [6.07, 6.45) is 2.29. The summed E-state index contributed by atoms with van der Waals surface area (Å²) in [6.45, 7) is 5.05. The van der Waals surface area contributed by atoms with Gasteiger partial charge in [-0.3, -0.25) is 4.79 Å². The molecule has 3 aromatic carbocycles. The Balaban J connectivity index is 1.66. The number of hydrogen-bond donors (Lipinski definition) is 1. The molecule has 1 aliphatic heterocycles. The van der Waals surface area contributed by atoms with Crippen LogP contribution >= 0.6 is 0 Å². The van der Waals surface area contributed by atoms with Crippen molar-refractivity contribution in [3.63, 3.8) is 0 Å². The molecule has 28 heavy (non-hydrogen) atoms. The molecule has 1 unspecified atom stereocenters. The molecular formula is C25H24N2O. The number of hydrogen-bond acceptors (Lipinski definition) is 2. The summed E-state index contributed by atoms with van der Waals surface area (Å²) < 4.78 is 0. The van der Waals surface area contributed by atoms with Gasteiger partial charge in [-0.1, -0.05) is 67.2 Å². The summed E-state index contributed by atoms with van der Waals surface area (Å²) in [7, 11) is 0. The second kappa shape index (κ2) is 8.13. The molecule has 0 saturated heterocycles. The summed E-state index contributed by atoms with van der Waals surface area (Å²) in [6, 6.07) is 27.7. The molecule has 0 bridgehead atoms. The number of amides is 1. The van der Waals surface area contributed by atoms with Crippen molar-refractivity contribution in [3.8, 4) is 11.1 Å². The Morgan fingerprint density at radius 2 is 1.75 bits per heavy atom. The molecule has 1 atom stereocenters. The molecule has 3 nitrogen and oxygen atoms in total. The largest absolute Gasteiger partial charge is 0.352 e. The van der Waals surface area contributed by atoms with E-state index in [0.717, 1.165) is 13.0 Å². The number of para-hydroxylation sites is 1. The molecular weight excluding hydrogens is 344 g/mol. The second-order valence-electron chi connectivity index (χ2n) is 7.18. The van der Waals surface area contributed by atoms with Crippen LogP contribution in [0, 0.1) is 5.92 Å². The van der Waals surface area contributed by atoms with Crippen LogP contribution in [0.1, 0.15) is 5.56 Å². The quantitative estimate of drug-likeness (QED) is 0.645. The molecule has 1 aliphatic rings. The zero-order valence-corrected chi connectivity index (χ0v) is 15.8. The first-order valence-electron chi connectivity index (χ1n) is 9.66. The predicted molar refractivity (Wildman–Crippen MR) is 116 cm³/mol. The van der Waals surface area contributed by atoms with E-state index in [1.165, 1.54) is 34.1 Å². The molecule has 1 heterocycles. The molecule has 0 saturated carbocycles. The maximum Gasteiger partial charge on any atom is 0.243 e. The number of fused-ring (bicyclic) bond motifs is 1. The third kappa shape index (κ3) is 3.84. The first-order chi connectivity index (χ1) is 13.7. The Morgan fingerprint density at radius 3 is 2.57 bits per heavy atom. The highest BCUT2D eigenvalue weighted by Crippen LogP contribution is 2.36. The number of benzene rings is 3. The standard InChI is InChI=1S/C25H24N2O/c1-2-25(28)26-17-19-15-22-11-6-7-14-24(22)27(18-19)23-13-8-12-21(16-23)20-9-4-3-5-10-20/h2-14,16,19H,1,15,17-18H2,(H,26,28). The number of rotatable bonds is 5. The first kappa shape index (κ1) is 18.1. The van der Waals surface area contributed by atoms with Crippen LogP contribution in [0.25, 0.3) is 11.1 Å². The van der Waals surface area contributed by atoms with Crippen LogP contribution in [0.3, 0.4) is 0 Å². The molecule has 3 aromatic rings. The Kier molecular flexibility index (Phi) is 5.24. The Morgan fingerprint density at radius 1 is 1.00 bits per heavy atom. The van der Waals surface area contributed by atoms with Crippen molar-refractivity contribution in [1.29, 1.82) is 0 Å². The lowest BCUT2D eigenvalue weighted by molar-refractivity contribution is -0.116. The van der Waals surface area contributed by atoms with Gasteiger partial charge in [-0.05, 0) is 53.3 Å². The minimum Gasteiger partial charge on any atom is -0.352 e. The summed E-state index contributed by atoms with van der Waals surface area (Å²) in [5.41, 5.74) is 6.16. The predicted octanol–water partition coefficient (Wildman–Crippen LogP) is 4.97. The molecule has 0 spiro atoms. The van der Waals surface area contributed by atoms with Gasteiger partial charge in [0.05, 0.1) is 0 Å².